The van der Waals surface area contributed by atoms with Crippen molar-refractivity contribution < 1.29 is 0 Å². The lowest BCUT2D eigenvalue weighted by Crippen LogP contribution is -2.67. The molecule has 2 aliphatic rings. The van der Waals surface area contributed by atoms with Gasteiger partial charge in [-0.25, -0.2) is 0 Å². The van der Waals surface area contributed by atoms with Crippen molar-refractivity contribution in [3.05, 3.63) is 0 Å². The maximum atomic E-state index is 3.38. The van der Waals surface area contributed by atoms with E-state index in [4.69, 9.17) is 0 Å². The van der Waals surface area contributed by atoms with Crippen molar-refractivity contribution >= 4 is 0 Å². The molecule has 0 bridgehead atoms. The lowest BCUT2D eigenvalue weighted by Gasteiger charge is -2.54. The van der Waals surface area contributed by atoms with Gasteiger partial charge in [-0.3, -0.25) is 4.90 Å². The number of piperazine rings is 1. The summed E-state index contributed by atoms with van der Waals surface area (Å²) in [5.41, 5.74) is 0.323. The maximum Gasteiger partial charge on any atom is 0.0356 e. The van der Waals surface area contributed by atoms with Gasteiger partial charge in [-0.15, -0.1) is 0 Å². The van der Waals surface area contributed by atoms with E-state index in [1.807, 2.05) is 0 Å². The van der Waals surface area contributed by atoms with Crippen LogP contribution in [-0.2, 0) is 0 Å². The maximum absolute atomic E-state index is 3.38. The van der Waals surface area contributed by atoms with E-state index in [0.29, 0.717) is 11.6 Å². The van der Waals surface area contributed by atoms with Crippen LogP contribution in [0.3, 0.4) is 0 Å². The fourth-order valence-corrected chi connectivity index (χ4v) is 4.12. The highest BCUT2D eigenvalue weighted by Crippen LogP contribution is 2.34. The monoisotopic (exact) mass is 239 g/mol. The summed E-state index contributed by atoms with van der Waals surface area (Å²) in [6.07, 6.45) is 5.68. The van der Waals surface area contributed by atoms with Crippen molar-refractivity contribution in [3.63, 3.8) is 0 Å². The molecule has 0 aromatic heterocycles. The van der Waals surface area contributed by atoms with Crippen LogP contribution in [0, 0.1) is 0 Å². The Morgan fingerprint density at radius 1 is 1.24 bits per heavy atom. The molecule has 0 radical (unpaired) electrons. The molecule has 100 valence electrons. The van der Waals surface area contributed by atoms with Gasteiger partial charge in [0.2, 0.25) is 0 Å². The predicted molar refractivity (Wildman–Crippen MR) is 73.4 cm³/mol. The first-order valence-corrected chi connectivity index (χ1v) is 7.16. The summed E-state index contributed by atoms with van der Waals surface area (Å²) in [7, 11) is 4.34. The Morgan fingerprint density at radius 3 is 2.47 bits per heavy atom. The van der Waals surface area contributed by atoms with Crippen LogP contribution < -0.4 is 5.32 Å². The summed E-state index contributed by atoms with van der Waals surface area (Å²) < 4.78 is 0. The summed E-state index contributed by atoms with van der Waals surface area (Å²) in [5.74, 6) is 0. The Labute approximate surface area is 107 Å². The SMILES string of the molecule is CNCC1CN(C)CC(C)(C)N1C1CCCC1. The van der Waals surface area contributed by atoms with E-state index in [0.717, 1.165) is 12.6 Å². The van der Waals surface area contributed by atoms with Crippen LogP contribution >= 0.6 is 0 Å². The minimum absolute atomic E-state index is 0.323. The van der Waals surface area contributed by atoms with E-state index in [1.54, 1.807) is 0 Å². The van der Waals surface area contributed by atoms with Crippen LogP contribution in [0.2, 0.25) is 0 Å². The largest absolute Gasteiger partial charge is 0.318 e. The van der Waals surface area contributed by atoms with Crippen LogP contribution in [0.5, 0.6) is 0 Å². The Morgan fingerprint density at radius 2 is 1.88 bits per heavy atom. The van der Waals surface area contributed by atoms with Crippen molar-refractivity contribution in [1.82, 2.24) is 15.1 Å². The van der Waals surface area contributed by atoms with Crippen LogP contribution in [0.25, 0.3) is 0 Å². The molecule has 3 nitrogen and oxygen atoms in total. The molecule has 0 amide bonds. The Kier molecular flexibility index (Phi) is 4.11. The van der Waals surface area contributed by atoms with Gasteiger partial charge in [0, 0.05) is 37.3 Å². The van der Waals surface area contributed by atoms with Crippen molar-refractivity contribution in [3.8, 4) is 0 Å². The highest BCUT2D eigenvalue weighted by Gasteiger charge is 2.42. The average Bonchev–Trinajstić information content (AvgIpc) is 2.68. The van der Waals surface area contributed by atoms with E-state index in [9.17, 15) is 0 Å². The summed E-state index contributed by atoms with van der Waals surface area (Å²) in [4.78, 5) is 5.32. The zero-order chi connectivity index (χ0) is 12.5. The molecule has 1 N–H and O–H groups in total. The summed E-state index contributed by atoms with van der Waals surface area (Å²) >= 11 is 0. The number of nitrogens with zero attached hydrogens (tertiary/aromatic N) is 2. The average molecular weight is 239 g/mol. The molecule has 1 atom stereocenters. The number of likely N-dealkylation sites (N-methyl/N-ethyl adjacent to an activating group) is 2. The lowest BCUT2D eigenvalue weighted by atomic mass is 9.91. The first-order valence-electron chi connectivity index (χ1n) is 7.16. The number of nitrogens with one attached hydrogen (secondary N) is 1. The second-order valence-corrected chi connectivity index (χ2v) is 6.57. The van der Waals surface area contributed by atoms with E-state index in [2.05, 4.69) is 43.1 Å². The van der Waals surface area contributed by atoms with Gasteiger partial charge in [0.25, 0.3) is 0 Å². The van der Waals surface area contributed by atoms with Gasteiger partial charge in [-0.1, -0.05) is 12.8 Å². The summed E-state index contributed by atoms with van der Waals surface area (Å²) in [6.45, 7) is 8.36. The van der Waals surface area contributed by atoms with Gasteiger partial charge in [0.05, 0.1) is 0 Å². The summed E-state index contributed by atoms with van der Waals surface area (Å²) in [5, 5.41) is 3.38. The second-order valence-electron chi connectivity index (χ2n) is 6.57. The molecule has 2 rings (SSSR count). The Bertz CT molecular complexity index is 246. The molecule has 1 saturated heterocycles. The molecule has 17 heavy (non-hydrogen) atoms. The molecule has 0 spiro atoms. The second kappa shape index (κ2) is 5.25. The number of hydrogen-bond acceptors (Lipinski definition) is 3. The molecule has 0 aromatic rings. The predicted octanol–water partition coefficient (Wildman–Crippen LogP) is 1.54. The first kappa shape index (κ1) is 13.3. The van der Waals surface area contributed by atoms with E-state index >= 15 is 0 Å². The first-order chi connectivity index (χ1) is 8.04. The van der Waals surface area contributed by atoms with Gasteiger partial charge >= 0.3 is 0 Å². The van der Waals surface area contributed by atoms with Crippen molar-refractivity contribution in [1.29, 1.82) is 0 Å². The van der Waals surface area contributed by atoms with Crippen LogP contribution in [0.1, 0.15) is 39.5 Å². The molecule has 0 aromatic carbocycles. The molecule has 2 fully saturated rings. The molecule has 1 unspecified atom stereocenters. The summed E-state index contributed by atoms with van der Waals surface area (Å²) in [6, 6.07) is 1.51. The van der Waals surface area contributed by atoms with Gasteiger partial charge in [-0.05, 0) is 40.8 Å². The standard InChI is InChI=1S/C14H29N3/c1-14(2)11-16(4)10-13(9-15-3)17(14)12-7-5-6-8-12/h12-13,15H,5-11H2,1-4H3. The third-order valence-electron chi connectivity index (χ3n) is 4.43. The van der Waals surface area contributed by atoms with Crippen molar-refractivity contribution in [2.45, 2.75) is 57.2 Å². The quantitative estimate of drug-likeness (QED) is 0.806. The van der Waals surface area contributed by atoms with Gasteiger partial charge in [-0.2, -0.15) is 0 Å². The van der Waals surface area contributed by atoms with E-state index in [-0.39, 0.29) is 0 Å². The molecule has 1 aliphatic carbocycles. The normalized spacial score (nSPS) is 32.1. The van der Waals surface area contributed by atoms with E-state index < -0.39 is 0 Å². The third-order valence-corrected chi connectivity index (χ3v) is 4.43. The fourth-order valence-electron chi connectivity index (χ4n) is 4.12. The number of rotatable bonds is 3. The van der Waals surface area contributed by atoms with Crippen LogP contribution in [-0.4, -0.2) is 61.2 Å². The lowest BCUT2D eigenvalue weighted by molar-refractivity contribution is -0.0437. The van der Waals surface area contributed by atoms with Gasteiger partial charge in [0.15, 0.2) is 0 Å². The smallest absolute Gasteiger partial charge is 0.0356 e. The van der Waals surface area contributed by atoms with Crippen LogP contribution in [0.15, 0.2) is 0 Å². The van der Waals surface area contributed by atoms with Crippen molar-refractivity contribution in [2.75, 3.05) is 33.7 Å². The molecule has 1 saturated carbocycles. The number of hydrogen-bond donors (Lipinski definition) is 1. The molecule has 1 aliphatic heterocycles. The molecular formula is C14H29N3. The minimum atomic E-state index is 0.323. The third kappa shape index (κ3) is 2.83. The Hall–Kier alpha value is -0.120. The molecule has 1 heterocycles. The van der Waals surface area contributed by atoms with E-state index in [1.165, 1.54) is 38.8 Å². The molecular weight excluding hydrogens is 210 g/mol. The zero-order valence-corrected chi connectivity index (χ0v) is 12.0. The highest BCUT2D eigenvalue weighted by molar-refractivity contribution is 4.99. The topological polar surface area (TPSA) is 18.5 Å². The van der Waals surface area contributed by atoms with Gasteiger partial charge in [0.1, 0.15) is 0 Å². The fraction of sp³-hybridized carbons (Fsp3) is 1.00. The minimum Gasteiger partial charge on any atom is -0.318 e. The zero-order valence-electron chi connectivity index (χ0n) is 12.0. The highest BCUT2D eigenvalue weighted by atomic mass is 15.3. The van der Waals surface area contributed by atoms with Crippen LogP contribution in [0.4, 0.5) is 0 Å². The van der Waals surface area contributed by atoms with Gasteiger partial charge < -0.3 is 10.2 Å². The van der Waals surface area contributed by atoms with Crippen molar-refractivity contribution in [2.24, 2.45) is 0 Å². The Balaban J connectivity index is 2.14. The molecule has 3 heteroatoms.